The van der Waals surface area contributed by atoms with E-state index in [1.54, 1.807) is 12.4 Å². The summed E-state index contributed by atoms with van der Waals surface area (Å²) in [5, 5.41) is 0. The third kappa shape index (κ3) is 3.98. The molecule has 0 radical (unpaired) electrons. The molecular formula is C20H20F3N3O2. The van der Waals surface area contributed by atoms with Crippen molar-refractivity contribution in [3.05, 3.63) is 59.7 Å². The lowest BCUT2D eigenvalue weighted by Crippen LogP contribution is -2.37. The fourth-order valence-electron chi connectivity index (χ4n) is 3.48. The van der Waals surface area contributed by atoms with E-state index in [4.69, 9.17) is 4.74 Å². The van der Waals surface area contributed by atoms with Crippen LogP contribution in [0.25, 0.3) is 11.0 Å². The van der Waals surface area contributed by atoms with E-state index in [1.165, 1.54) is 12.1 Å². The van der Waals surface area contributed by atoms with Gasteiger partial charge < -0.3 is 14.0 Å². The van der Waals surface area contributed by atoms with Crippen molar-refractivity contribution >= 4 is 11.0 Å². The van der Waals surface area contributed by atoms with Crippen LogP contribution in [0, 0.1) is 5.82 Å². The molecule has 3 aromatic rings. The predicted octanol–water partition coefficient (Wildman–Crippen LogP) is 3.89. The first kappa shape index (κ1) is 18.8. The molecule has 2 aromatic carbocycles. The Labute approximate surface area is 160 Å². The van der Waals surface area contributed by atoms with Crippen molar-refractivity contribution < 1.29 is 22.6 Å². The van der Waals surface area contributed by atoms with Crippen LogP contribution in [0.1, 0.15) is 17.2 Å². The summed E-state index contributed by atoms with van der Waals surface area (Å²) in [4.78, 5) is 6.48. The first-order valence-corrected chi connectivity index (χ1v) is 8.98. The van der Waals surface area contributed by atoms with E-state index in [-0.39, 0.29) is 6.10 Å². The average molecular weight is 391 g/mol. The van der Waals surface area contributed by atoms with Gasteiger partial charge in [-0.3, -0.25) is 4.90 Å². The van der Waals surface area contributed by atoms with E-state index in [9.17, 15) is 13.2 Å². The molecule has 1 atom stereocenters. The number of ether oxygens (including phenoxy) is 2. The van der Waals surface area contributed by atoms with E-state index in [0.29, 0.717) is 31.8 Å². The quantitative estimate of drug-likeness (QED) is 0.662. The zero-order chi connectivity index (χ0) is 19.7. The maximum Gasteiger partial charge on any atom is 0.387 e. The topological polar surface area (TPSA) is 39.5 Å². The van der Waals surface area contributed by atoms with E-state index in [0.717, 1.165) is 16.6 Å². The number of aromatic nitrogens is 2. The van der Waals surface area contributed by atoms with Crippen LogP contribution in [0.3, 0.4) is 0 Å². The van der Waals surface area contributed by atoms with Crippen LogP contribution in [0.2, 0.25) is 0 Å². The molecule has 1 saturated heterocycles. The number of morpholine rings is 1. The highest BCUT2D eigenvalue weighted by Gasteiger charge is 2.23. The van der Waals surface area contributed by atoms with Crippen molar-refractivity contribution in [1.29, 1.82) is 0 Å². The number of benzene rings is 2. The van der Waals surface area contributed by atoms with Crippen molar-refractivity contribution in [1.82, 2.24) is 14.5 Å². The molecule has 1 unspecified atom stereocenters. The van der Waals surface area contributed by atoms with Crippen LogP contribution in [-0.2, 0) is 18.3 Å². The Balaban J connectivity index is 1.46. The second kappa shape index (κ2) is 7.81. The Morgan fingerprint density at radius 2 is 2.11 bits per heavy atom. The zero-order valence-electron chi connectivity index (χ0n) is 15.3. The first-order valence-electron chi connectivity index (χ1n) is 8.98. The minimum absolute atomic E-state index is 0.0978. The number of fused-ring (bicyclic) bond motifs is 1. The van der Waals surface area contributed by atoms with Gasteiger partial charge in [0.2, 0.25) is 0 Å². The molecule has 148 valence electrons. The monoisotopic (exact) mass is 391 g/mol. The highest BCUT2D eigenvalue weighted by Crippen LogP contribution is 2.27. The molecule has 0 saturated carbocycles. The number of hydrogen-bond donors (Lipinski definition) is 0. The summed E-state index contributed by atoms with van der Waals surface area (Å²) in [7, 11) is 1.95. The Bertz CT molecular complexity index is 976. The Morgan fingerprint density at radius 3 is 2.89 bits per heavy atom. The second-order valence-electron chi connectivity index (χ2n) is 6.84. The molecule has 5 nitrogen and oxygen atoms in total. The number of rotatable bonds is 5. The molecule has 0 amide bonds. The molecule has 0 N–H and O–H groups in total. The van der Waals surface area contributed by atoms with Crippen LogP contribution in [-0.4, -0.2) is 40.8 Å². The summed E-state index contributed by atoms with van der Waals surface area (Å²) in [5.41, 5.74) is 3.73. The van der Waals surface area contributed by atoms with Gasteiger partial charge in [0.25, 0.3) is 0 Å². The summed E-state index contributed by atoms with van der Waals surface area (Å²) in [6, 6.07) is 10.2. The van der Waals surface area contributed by atoms with Gasteiger partial charge in [-0.2, -0.15) is 8.78 Å². The number of alkyl halides is 2. The Kier molecular flexibility index (Phi) is 5.23. The lowest BCUT2D eigenvalue weighted by Gasteiger charge is -2.33. The van der Waals surface area contributed by atoms with E-state index in [1.807, 2.05) is 23.7 Å². The van der Waals surface area contributed by atoms with Crippen molar-refractivity contribution in [3.8, 4) is 5.75 Å². The van der Waals surface area contributed by atoms with Crippen molar-refractivity contribution in [3.63, 3.8) is 0 Å². The van der Waals surface area contributed by atoms with Crippen molar-refractivity contribution in [2.45, 2.75) is 19.3 Å². The highest BCUT2D eigenvalue weighted by molar-refractivity contribution is 5.76. The van der Waals surface area contributed by atoms with Gasteiger partial charge in [-0.25, -0.2) is 9.37 Å². The van der Waals surface area contributed by atoms with E-state index >= 15 is 0 Å². The average Bonchev–Trinajstić information content (AvgIpc) is 3.04. The number of halogens is 3. The smallest absolute Gasteiger partial charge is 0.387 e. The summed E-state index contributed by atoms with van der Waals surface area (Å²) in [6.45, 7) is -0.623. The molecule has 1 aromatic heterocycles. The number of nitrogens with zero attached hydrogens (tertiary/aromatic N) is 3. The normalized spacial score (nSPS) is 18.1. The lowest BCUT2D eigenvalue weighted by molar-refractivity contribution is -0.0522. The van der Waals surface area contributed by atoms with E-state index in [2.05, 4.69) is 20.7 Å². The molecular weight excluding hydrogens is 371 g/mol. The van der Waals surface area contributed by atoms with Gasteiger partial charge in [0, 0.05) is 26.7 Å². The predicted molar refractivity (Wildman–Crippen MR) is 97.7 cm³/mol. The molecule has 0 spiro atoms. The van der Waals surface area contributed by atoms with Crippen molar-refractivity contribution in [2.24, 2.45) is 7.05 Å². The maximum atomic E-state index is 14.0. The molecule has 4 rings (SSSR count). The molecule has 0 bridgehead atoms. The molecule has 8 heteroatoms. The van der Waals surface area contributed by atoms with Crippen LogP contribution >= 0.6 is 0 Å². The van der Waals surface area contributed by atoms with Crippen LogP contribution in [0.5, 0.6) is 5.75 Å². The Morgan fingerprint density at radius 1 is 1.25 bits per heavy atom. The standard InChI is InChI=1S/C20H20F3N3O2/c1-25-12-24-16-4-3-14(9-17(16)25)19-11-26(6-7-27-19)10-13-2-5-18(15(21)8-13)28-20(22)23/h2-5,8-9,12,19-20H,6-7,10-11H2,1H3. The van der Waals surface area contributed by atoms with Gasteiger partial charge in [-0.1, -0.05) is 12.1 Å². The van der Waals surface area contributed by atoms with Crippen LogP contribution < -0.4 is 4.74 Å². The molecule has 1 fully saturated rings. The molecule has 2 heterocycles. The third-order valence-corrected chi connectivity index (χ3v) is 4.89. The van der Waals surface area contributed by atoms with Gasteiger partial charge >= 0.3 is 6.61 Å². The zero-order valence-corrected chi connectivity index (χ0v) is 15.3. The summed E-state index contributed by atoms with van der Waals surface area (Å²) < 4.78 is 50.5. The maximum absolute atomic E-state index is 14.0. The summed E-state index contributed by atoms with van der Waals surface area (Å²) in [5.74, 6) is -1.23. The van der Waals surface area contributed by atoms with Crippen LogP contribution in [0.4, 0.5) is 13.2 Å². The first-order chi connectivity index (χ1) is 13.5. The SMILES string of the molecule is Cn1cnc2ccc(C3CN(Cc4ccc(OC(F)F)c(F)c4)CCO3)cc21. The number of aryl methyl sites for hydroxylation is 1. The minimum Gasteiger partial charge on any atom is -0.432 e. The lowest BCUT2D eigenvalue weighted by atomic mass is 10.1. The highest BCUT2D eigenvalue weighted by atomic mass is 19.3. The number of hydrogen-bond acceptors (Lipinski definition) is 4. The second-order valence-corrected chi connectivity index (χ2v) is 6.84. The molecule has 0 aliphatic carbocycles. The van der Waals surface area contributed by atoms with Gasteiger partial charge in [0.05, 0.1) is 30.1 Å². The fraction of sp³-hybridized carbons (Fsp3) is 0.350. The Hall–Kier alpha value is -2.58. The molecule has 1 aliphatic heterocycles. The largest absolute Gasteiger partial charge is 0.432 e. The van der Waals surface area contributed by atoms with Crippen molar-refractivity contribution in [2.75, 3.05) is 19.7 Å². The van der Waals surface area contributed by atoms with Gasteiger partial charge in [-0.05, 0) is 35.4 Å². The van der Waals surface area contributed by atoms with Crippen LogP contribution in [0.15, 0.2) is 42.7 Å². The number of imidazole rings is 1. The third-order valence-electron chi connectivity index (χ3n) is 4.89. The van der Waals surface area contributed by atoms with E-state index < -0.39 is 18.2 Å². The summed E-state index contributed by atoms with van der Waals surface area (Å²) in [6.07, 6.45) is 1.68. The summed E-state index contributed by atoms with van der Waals surface area (Å²) >= 11 is 0. The minimum atomic E-state index is -3.04. The van der Waals surface area contributed by atoms with Gasteiger partial charge in [0.1, 0.15) is 0 Å². The fourth-order valence-corrected chi connectivity index (χ4v) is 3.48. The molecule has 28 heavy (non-hydrogen) atoms. The van der Waals surface area contributed by atoms with Gasteiger partial charge in [-0.15, -0.1) is 0 Å². The molecule has 1 aliphatic rings. The van der Waals surface area contributed by atoms with Gasteiger partial charge in [0.15, 0.2) is 11.6 Å².